The number of benzene rings is 2. The van der Waals surface area contributed by atoms with Crippen LogP contribution >= 0.6 is 0 Å². The number of aromatic nitrogens is 1. The monoisotopic (exact) mass is 321 g/mol. The van der Waals surface area contributed by atoms with E-state index in [9.17, 15) is 4.39 Å². The maximum absolute atomic E-state index is 14.7. The lowest BCUT2D eigenvalue weighted by Gasteiger charge is -2.37. The maximum Gasteiger partial charge on any atom is 0.139 e. The molecule has 1 aromatic heterocycles. The van der Waals surface area contributed by atoms with Gasteiger partial charge in [-0.2, -0.15) is 0 Å². The Morgan fingerprint density at radius 1 is 0.833 bits per heavy atom. The number of nitrogens with zero attached hydrogens (tertiary/aromatic N) is 3. The number of rotatable bonds is 2. The molecule has 4 heteroatoms. The van der Waals surface area contributed by atoms with Gasteiger partial charge in [-0.05, 0) is 31.2 Å². The number of hydrogen-bond donors (Lipinski definition) is 0. The molecule has 24 heavy (non-hydrogen) atoms. The fourth-order valence-electron chi connectivity index (χ4n) is 3.38. The Morgan fingerprint density at radius 2 is 1.46 bits per heavy atom. The molecule has 0 spiro atoms. The molecule has 1 aliphatic rings. The Morgan fingerprint density at radius 3 is 2.21 bits per heavy atom. The lowest BCUT2D eigenvalue weighted by atomic mass is 10.1. The minimum atomic E-state index is -0.152. The average Bonchev–Trinajstić information content (AvgIpc) is 2.66. The van der Waals surface area contributed by atoms with Crippen LogP contribution in [0, 0.1) is 12.7 Å². The van der Waals surface area contributed by atoms with Gasteiger partial charge in [0.2, 0.25) is 0 Å². The van der Waals surface area contributed by atoms with Gasteiger partial charge in [0.25, 0.3) is 0 Å². The van der Waals surface area contributed by atoms with Crippen molar-refractivity contribution in [2.75, 3.05) is 36.0 Å². The van der Waals surface area contributed by atoms with Gasteiger partial charge in [-0.25, -0.2) is 9.37 Å². The fourth-order valence-corrected chi connectivity index (χ4v) is 3.38. The van der Waals surface area contributed by atoms with Gasteiger partial charge in [0.05, 0.1) is 5.52 Å². The molecule has 0 saturated carbocycles. The summed E-state index contributed by atoms with van der Waals surface area (Å²) in [7, 11) is 0. The zero-order valence-corrected chi connectivity index (χ0v) is 13.7. The molecule has 3 aromatic rings. The molecule has 0 atom stereocenters. The molecule has 3 nitrogen and oxygen atoms in total. The second-order valence-electron chi connectivity index (χ2n) is 6.20. The molecule has 0 amide bonds. The Bertz CT molecular complexity index is 855. The summed E-state index contributed by atoms with van der Waals surface area (Å²) >= 11 is 0. The van der Waals surface area contributed by atoms with Crippen LogP contribution in [0.1, 0.15) is 5.56 Å². The van der Waals surface area contributed by atoms with Crippen molar-refractivity contribution in [1.82, 2.24) is 4.98 Å². The maximum atomic E-state index is 14.7. The van der Waals surface area contributed by atoms with Crippen LogP contribution < -0.4 is 9.80 Å². The minimum Gasteiger partial charge on any atom is -0.368 e. The Labute approximate surface area is 141 Å². The average molecular weight is 321 g/mol. The van der Waals surface area contributed by atoms with Crippen LogP contribution in [0.3, 0.4) is 0 Å². The summed E-state index contributed by atoms with van der Waals surface area (Å²) in [6, 6.07) is 17.8. The van der Waals surface area contributed by atoms with Crippen molar-refractivity contribution in [2.45, 2.75) is 6.92 Å². The molecule has 0 N–H and O–H groups in total. The van der Waals surface area contributed by atoms with Crippen molar-refractivity contribution >= 4 is 22.4 Å². The first-order chi connectivity index (χ1) is 11.7. The first-order valence-electron chi connectivity index (χ1n) is 8.34. The van der Waals surface area contributed by atoms with Crippen LogP contribution in [0.4, 0.5) is 15.9 Å². The SMILES string of the molecule is Cc1c(N2CCN(c3ccccc3)CC2)nc2ccccc2c1F. The quantitative estimate of drug-likeness (QED) is 0.711. The highest BCUT2D eigenvalue weighted by Gasteiger charge is 2.22. The van der Waals surface area contributed by atoms with Gasteiger partial charge in [0.1, 0.15) is 11.6 Å². The van der Waals surface area contributed by atoms with E-state index in [1.54, 1.807) is 6.07 Å². The highest BCUT2D eigenvalue weighted by atomic mass is 19.1. The van der Waals surface area contributed by atoms with E-state index < -0.39 is 0 Å². The number of piperazine rings is 1. The molecule has 2 heterocycles. The molecule has 2 aromatic carbocycles. The predicted octanol–water partition coefficient (Wildman–Crippen LogP) is 4.01. The first kappa shape index (κ1) is 14.9. The molecule has 0 aliphatic carbocycles. The summed E-state index contributed by atoms with van der Waals surface area (Å²) in [5, 5.41) is 0.599. The van der Waals surface area contributed by atoms with Gasteiger partial charge in [-0.1, -0.05) is 30.3 Å². The van der Waals surface area contributed by atoms with E-state index in [0.717, 1.165) is 37.5 Å². The number of halogens is 1. The molecule has 1 fully saturated rings. The number of fused-ring (bicyclic) bond motifs is 1. The third kappa shape index (κ3) is 2.58. The van der Waals surface area contributed by atoms with Crippen molar-refractivity contribution in [3.8, 4) is 0 Å². The Kier molecular flexibility index (Phi) is 3.81. The molecule has 1 saturated heterocycles. The first-order valence-corrected chi connectivity index (χ1v) is 8.34. The number of para-hydroxylation sites is 2. The zero-order chi connectivity index (χ0) is 16.5. The van der Waals surface area contributed by atoms with Crippen LogP contribution in [0.5, 0.6) is 0 Å². The van der Waals surface area contributed by atoms with E-state index in [1.165, 1.54) is 5.69 Å². The third-order valence-corrected chi connectivity index (χ3v) is 4.73. The van der Waals surface area contributed by atoms with Gasteiger partial charge in [0, 0.05) is 42.8 Å². The molecule has 0 radical (unpaired) electrons. The third-order valence-electron chi connectivity index (χ3n) is 4.73. The van der Waals surface area contributed by atoms with Crippen molar-refractivity contribution < 1.29 is 4.39 Å². The predicted molar refractivity (Wildman–Crippen MR) is 97.3 cm³/mol. The van der Waals surface area contributed by atoms with Gasteiger partial charge in [-0.3, -0.25) is 0 Å². The van der Waals surface area contributed by atoms with Crippen LogP contribution in [-0.4, -0.2) is 31.2 Å². The van der Waals surface area contributed by atoms with E-state index in [1.807, 2.05) is 31.2 Å². The zero-order valence-electron chi connectivity index (χ0n) is 13.7. The normalized spacial score (nSPS) is 15.1. The summed E-state index contributed by atoms with van der Waals surface area (Å²) in [6.45, 7) is 5.36. The second kappa shape index (κ2) is 6.11. The highest BCUT2D eigenvalue weighted by molar-refractivity contribution is 5.82. The number of pyridine rings is 1. The topological polar surface area (TPSA) is 19.4 Å². The van der Waals surface area contributed by atoms with E-state index >= 15 is 0 Å². The largest absolute Gasteiger partial charge is 0.368 e. The lowest BCUT2D eigenvalue weighted by molar-refractivity contribution is 0.616. The highest BCUT2D eigenvalue weighted by Crippen LogP contribution is 2.28. The van der Waals surface area contributed by atoms with Gasteiger partial charge in [0.15, 0.2) is 0 Å². The van der Waals surface area contributed by atoms with Gasteiger partial charge >= 0.3 is 0 Å². The van der Waals surface area contributed by atoms with Crippen molar-refractivity contribution in [3.63, 3.8) is 0 Å². The summed E-state index contributed by atoms with van der Waals surface area (Å²) in [5.74, 6) is 0.625. The van der Waals surface area contributed by atoms with Gasteiger partial charge in [-0.15, -0.1) is 0 Å². The summed E-state index contributed by atoms with van der Waals surface area (Å²) < 4.78 is 14.7. The van der Waals surface area contributed by atoms with E-state index in [-0.39, 0.29) is 5.82 Å². The van der Waals surface area contributed by atoms with Crippen molar-refractivity contribution in [2.24, 2.45) is 0 Å². The molecule has 0 unspecified atom stereocenters. The van der Waals surface area contributed by atoms with E-state index in [2.05, 4.69) is 34.1 Å². The van der Waals surface area contributed by atoms with Crippen LogP contribution in [0.2, 0.25) is 0 Å². The lowest BCUT2D eigenvalue weighted by Crippen LogP contribution is -2.47. The molecule has 122 valence electrons. The second-order valence-corrected chi connectivity index (χ2v) is 6.20. The number of hydrogen-bond acceptors (Lipinski definition) is 3. The van der Waals surface area contributed by atoms with Crippen molar-refractivity contribution in [1.29, 1.82) is 0 Å². The van der Waals surface area contributed by atoms with Crippen LogP contribution in [0.25, 0.3) is 10.9 Å². The van der Waals surface area contributed by atoms with Gasteiger partial charge < -0.3 is 9.80 Å². The summed E-state index contributed by atoms with van der Waals surface area (Å²) in [5.41, 5.74) is 2.61. The molecule has 0 bridgehead atoms. The van der Waals surface area contributed by atoms with Crippen LogP contribution in [-0.2, 0) is 0 Å². The summed E-state index contributed by atoms with van der Waals surface area (Å²) in [4.78, 5) is 9.29. The van der Waals surface area contributed by atoms with Crippen molar-refractivity contribution in [3.05, 3.63) is 66.0 Å². The molecule has 4 rings (SSSR count). The Hall–Kier alpha value is -2.62. The minimum absolute atomic E-state index is 0.152. The smallest absolute Gasteiger partial charge is 0.139 e. The standard InChI is InChI=1S/C20H20FN3/c1-15-19(21)17-9-5-6-10-18(17)22-20(15)24-13-11-23(12-14-24)16-7-3-2-4-8-16/h2-10H,11-14H2,1H3. The number of anilines is 2. The molecular weight excluding hydrogens is 301 g/mol. The summed E-state index contributed by atoms with van der Waals surface area (Å²) in [6.07, 6.45) is 0. The van der Waals surface area contributed by atoms with E-state index in [0.29, 0.717) is 10.9 Å². The van der Waals surface area contributed by atoms with Crippen LogP contribution in [0.15, 0.2) is 54.6 Å². The molecular formula is C20H20FN3. The Balaban J connectivity index is 1.60. The fraction of sp³-hybridized carbons (Fsp3) is 0.250. The van der Waals surface area contributed by atoms with E-state index in [4.69, 9.17) is 4.98 Å². The molecule has 1 aliphatic heterocycles.